The van der Waals surface area contributed by atoms with Crippen molar-refractivity contribution in [2.75, 3.05) is 52.3 Å². The van der Waals surface area contributed by atoms with E-state index < -0.39 is 10.0 Å². The summed E-state index contributed by atoms with van der Waals surface area (Å²) in [6, 6.07) is 12.0. The van der Waals surface area contributed by atoms with Crippen molar-refractivity contribution in [1.82, 2.24) is 14.2 Å². The molecule has 10 heteroatoms. The quantitative estimate of drug-likeness (QED) is 0.393. The molecule has 1 aromatic heterocycles. The smallest absolute Gasteiger partial charge is 0.260 e. The predicted octanol–water partition coefficient (Wildman–Crippen LogP) is 4.57. The van der Waals surface area contributed by atoms with Gasteiger partial charge in [0.15, 0.2) is 5.13 Å². The lowest BCUT2D eigenvalue weighted by Gasteiger charge is -2.34. The predicted molar refractivity (Wildman–Crippen MR) is 149 cm³/mol. The van der Waals surface area contributed by atoms with Crippen molar-refractivity contribution in [2.45, 2.75) is 31.6 Å². The maximum atomic E-state index is 13.7. The minimum Gasteiger partial charge on any atom is -0.497 e. The van der Waals surface area contributed by atoms with Crippen molar-refractivity contribution < 1.29 is 17.9 Å². The number of carbonyl (C=O) groups is 1. The third kappa shape index (κ3) is 6.31. The van der Waals surface area contributed by atoms with Crippen LogP contribution in [0.5, 0.6) is 5.75 Å². The van der Waals surface area contributed by atoms with Crippen LogP contribution in [-0.2, 0) is 10.0 Å². The van der Waals surface area contributed by atoms with Gasteiger partial charge in [-0.05, 0) is 87.8 Å². The van der Waals surface area contributed by atoms with E-state index in [0.717, 1.165) is 35.4 Å². The van der Waals surface area contributed by atoms with Crippen molar-refractivity contribution in [3.8, 4) is 5.75 Å². The van der Waals surface area contributed by atoms with Gasteiger partial charge in [-0.1, -0.05) is 25.2 Å². The lowest BCUT2D eigenvalue weighted by atomic mass is 9.94. The van der Waals surface area contributed by atoms with E-state index in [1.165, 1.54) is 11.3 Å². The van der Waals surface area contributed by atoms with Crippen LogP contribution >= 0.6 is 11.3 Å². The van der Waals surface area contributed by atoms with E-state index in [9.17, 15) is 13.2 Å². The molecule has 1 amide bonds. The summed E-state index contributed by atoms with van der Waals surface area (Å²) < 4.78 is 34.4. The molecule has 8 nitrogen and oxygen atoms in total. The number of nitrogens with zero attached hydrogens (tertiary/aromatic N) is 4. The number of fused-ring (bicyclic) bond motifs is 1. The Morgan fingerprint density at radius 1 is 1.08 bits per heavy atom. The highest BCUT2D eigenvalue weighted by Crippen LogP contribution is 2.33. The maximum absolute atomic E-state index is 13.7. The summed E-state index contributed by atoms with van der Waals surface area (Å²) in [5, 5.41) is 0.611. The molecule has 1 saturated heterocycles. The topological polar surface area (TPSA) is 83.0 Å². The zero-order valence-electron chi connectivity index (χ0n) is 22.2. The molecule has 37 heavy (non-hydrogen) atoms. The number of rotatable bonds is 9. The first-order chi connectivity index (χ1) is 17.6. The monoisotopic (exact) mass is 544 g/mol. The molecule has 0 N–H and O–H groups in total. The van der Waals surface area contributed by atoms with Gasteiger partial charge in [-0.3, -0.25) is 9.69 Å². The summed E-state index contributed by atoms with van der Waals surface area (Å²) in [5.41, 5.74) is 1.23. The fraction of sp³-hybridized carbons (Fsp3) is 0.481. The number of sulfonamides is 1. The number of carbonyl (C=O) groups excluding carboxylic acids is 1. The molecule has 200 valence electrons. The van der Waals surface area contributed by atoms with Crippen LogP contribution in [0.2, 0.25) is 0 Å². The number of aromatic nitrogens is 1. The number of anilines is 1. The van der Waals surface area contributed by atoms with Crippen molar-refractivity contribution in [3.63, 3.8) is 0 Å². The van der Waals surface area contributed by atoms with Crippen molar-refractivity contribution in [1.29, 1.82) is 0 Å². The second kappa shape index (κ2) is 11.5. The standard InChI is InChI=1S/C27H36N4O4S2/c1-19-15-20(2)18-30(17-19)37(33,34)23-10-7-21(8-11-23)26(32)31(14-6-13-29(3)4)27-28-24-12-9-22(35-5)16-25(24)36-27/h7-12,16,19-20H,6,13-15,17-18H2,1-5H3. The Morgan fingerprint density at radius 2 is 1.76 bits per heavy atom. The van der Waals surface area contributed by atoms with Gasteiger partial charge in [0, 0.05) is 25.2 Å². The van der Waals surface area contributed by atoms with E-state index >= 15 is 0 Å². The average Bonchev–Trinajstić information content (AvgIpc) is 3.28. The number of amides is 1. The van der Waals surface area contributed by atoms with Crippen molar-refractivity contribution >= 4 is 42.6 Å². The zero-order valence-corrected chi connectivity index (χ0v) is 23.8. The second-order valence-corrected chi connectivity index (χ2v) is 13.2. The summed E-state index contributed by atoms with van der Waals surface area (Å²) in [6.45, 7) is 6.54. The van der Waals surface area contributed by atoms with E-state index in [-0.39, 0.29) is 10.8 Å². The maximum Gasteiger partial charge on any atom is 0.260 e. The van der Waals surface area contributed by atoms with Crippen LogP contribution in [0.4, 0.5) is 5.13 Å². The van der Waals surface area contributed by atoms with Crippen LogP contribution in [0.25, 0.3) is 10.2 Å². The Bertz CT molecular complexity index is 1330. The van der Waals surface area contributed by atoms with Gasteiger partial charge in [-0.15, -0.1) is 0 Å². The molecule has 1 aliphatic rings. The Morgan fingerprint density at radius 3 is 2.38 bits per heavy atom. The molecule has 4 rings (SSSR count). The van der Waals surface area contributed by atoms with Crippen LogP contribution in [0.3, 0.4) is 0 Å². The third-order valence-electron chi connectivity index (χ3n) is 6.62. The Kier molecular flexibility index (Phi) is 8.52. The normalized spacial score (nSPS) is 18.9. The van der Waals surface area contributed by atoms with Gasteiger partial charge in [0.05, 0.1) is 22.2 Å². The number of hydrogen-bond acceptors (Lipinski definition) is 7. The Hall–Kier alpha value is -2.53. The van der Waals surface area contributed by atoms with Gasteiger partial charge in [-0.2, -0.15) is 4.31 Å². The molecule has 0 saturated carbocycles. The number of hydrogen-bond donors (Lipinski definition) is 0. The second-order valence-electron chi connectivity index (χ2n) is 10.2. The lowest BCUT2D eigenvalue weighted by molar-refractivity contribution is 0.0986. The fourth-order valence-corrected chi connectivity index (χ4v) is 7.54. The zero-order chi connectivity index (χ0) is 26.7. The highest BCUT2D eigenvalue weighted by atomic mass is 32.2. The molecule has 0 aliphatic carbocycles. The molecule has 2 heterocycles. The first kappa shape index (κ1) is 27.5. The van der Waals surface area contributed by atoms with Crippen LogP contribution in [0.15, 0.2) is 47.4 Å². The molecule has 2 unspecified atom stereocenters. The fourth-order valence-electron chi connectivity index (χ4n) is 4.84. The molecule has 1 aliphatic heterocycles. The van der Waals surface area contributed by atoms with Crippen LogP contribution in [0, 0.1) is 11.8 Å². The minimum atomic E-state index is -3.61. The molecular weight excluding hydrogens is 508 g/mol. The van der Waals surface area contributed by atoms with Gasteiger partial charge in [0.25, 0.3) is 5.91 Å². The number of ether oxygens (including phenoxy) is 1. The van der Waals surface area contributed by atoms with Gasteiger partial charge in [0.1, 0.15) is 5.75 Å². The highest BCUT2D eigenvalue weighted by molar-refractivity contribution is 7.89. The lowest BCUT2D eigenvalue weighted by Crippen LogP contribution is -2.42. The first-order valence-electron chi connectivity index (χ1n) is 12.6. The van der Waals surface area contributed by atoms with Gasteiger partial charge < -0.3 is 9.64 Å². The molecule has 1 fully saturated rings. The van der Waals surface area contributed by atoms with Gasteiger partial charge >= 0.3 is 0 Å². The summed E-state index contributed by atoms with van der Waals surface area (Å²) >= 11 is 1.44. The van der Waals surface area contributed by atoms with Crippen LogP contribution in [-0.4, -0.2) is 75.9 Å². The minimum absolute atomic E-state index is 0.200. The Balaban J connectivity index is 1.60. The summed E-state index contributed by atoms with van der Waals surface area (Å²) in [5.74, 6) is 1.18. The van der Waals surface area contributed by atoms with Crippen molar-refractivity contribution in [2.24, 2.45) is 11.8 Å². The van der Waals surface area contributed by atoms with E-state index in [1.54, 1.807) is 40.6 Å². The number of piperidine rings is 1. The summed E-state index contributed by atoms with van der Waals surface area (Å²) in [4.78, 5) is 22.4. The molecule has 3 aromatic rings. The molecule has 2 aromatic carbocycles. The highest BCUT2D eigenvalue weighted by Gasteiger charge is 2.32. The third-order valence-corrected chi connectivity index (χ3v) is 9.51. The molecule has 0 radical (unpaired) electrons. The molecule has 0 spiro atoms. The molecular formula is C27H36N4O4S2. The van der Waals surface area contributed by atoms with Gasteiger partial charge in [0.2, 0.25) is 10.0 Å². The Labute approximate surface area is 223 Å². The van der Waals surface area contributed by atoms with Crippen LogP contribution in [0.1, 0.15) is 37.0 Å². The SMILES string of the molecule is COc1ccc2nc(N(CCCN(C)C)C(=O)c3ccc(S(=O)(=O)N4CC(C)CC(C)C4)cc3)sc2c1. The molecule has 2 atom stereocenters. The van der Waals surface area contributed by atoms with Gasteiger partial charge in [-0.25, -0.2) is 13.4 Å². The largest absolute Gasteiger partial charge is 0.497 e. The number of benzene rings is 2. The summed E-state index contributed by atoms with van der Waals surface area (Å²) in [7, 11) is 2.01. The van der Waals surface area contributed by atoms with E-state index in [2.05, 4.69) is 18.7 Å². The van der Waals surface area contributed by atoms with E-state index in [1.807, 2.05) is 32.3 Å². The van der Waals surface area contributed by atoms with E-state index in [0.29, 0.717) is 42.2 Å². The number of thiazole rings is 1. The number of methoxy groups -OCH3 is 1. The van der Waals surface area contributed by atoms with Crippen LogP contribution < -0.4 is 9.64 Å². The average molecular weight is 545 g/mol. The molecule has 0 bridgehead atoms. The van der Waals surface area contributed by atoms with E-state index in [4.69, 9.17) is 9.72 Å². The van der Waals surface area contributed by atoms with Crippen molar-refractivity contribution in [3.05, 3.63) is 48.0 Å². The first-order valence-corrected chi connectivity index (χ1v) is 14.9. The summed E-state index contributed by atoms with van der Waals surface area (Å²) in [6.07, 6.45) is 1.80.